The van der Waals surface area contributed by atoms with Crippen LogP contribution in [0.15, 0.2) is 30.6 Å². The highest BCUT2D eigenvalue weighted by Crippen LogP contribution is 1.73. The van der Waals surface area contributed by atoms with Gasteiger partial charge in [0.25, 0.3) is 0 Å². The zero-order valence-corrected chi connectivity index (χ0v) is 7.34. The molecule has 0 unspecified atom stereocenters. The van der Waals surface area contributed by atoms with E-state index in [0.717, 1.165) is 0 Å². The number of hydrogen-bond acceptors (Lipinski definition) is 4. The van der Waals surface area contributed by atoms with Gasteiger partial charge in [0.2, 0.25) is 6.29 Å². The highest BCUT2D eigenvalue weighted by molar-refractivity contribution is 6.20. The average Bonchev–Trinajstić information content (AvgIpc) is 2.22. The molecule has 1 aromatic rings. The first-order chi connectivity index (χ1) is 6.31. The summed E-state index contributed by atoms with van der Waals surface area (Å²) in [7, 11) is 0. The number of aldehydes is 1. The standard InChI is InChI=1S/C5H5N.C4H6O3/c1-2-4-6-5-3-1;1-2-7-4(6)3-5/h1-5H;3H,2H2,1H3. The van der Waals surface area contributed by atoms with Gasteiger partial charge in [-0.25, -0.2) is 4.79 Å². The van der Waals surface area contributed by atoms with Gasteiger partial charge in [-0.15, -0.1) is 0 Å². The van der Waals surface area contributed by atoms with Crippen LogP contribution in [0.1, 0.15) is 6.92 Å². The van der Waals surface area contributed by atoms with Gasteiger partial charge in [-0.05, 0) is 19.1 Å². The van der Waals surface area contributed by atoms with Gasteiger partial charge in [-0.3, -0.25) is 9.78 Å². The maximum absolute atomic E-state index is 9.82. The largest absolute Gasteiger partial charge is 0.460 e. The molecule has 0 saturated carbocycles. The molecule has 1 heterocycles. The molecule has 0 aliphatic rings. The maximum Gasteiger partial charge on any atom is 0.371 e. The van der Waals surface area contributed by atoms with Gasteiger partial charge in [0.1, 0.15) is 0 Å². The lowest BCUT2D eigenvalue weighted by Crippen LogP contribution is -2.03. The Balaban J connectivity index is 0.000000223. The third kappa shape index (κ3) is 8.19. The highest BCUT2D eigenvalue weighted by Gasteiger charge is 1.91. The van der Waals surface area contributed by atoms with E-state index in [1.165, 1.54) is 0 Å². The van der Waals surface area contributed by atoms with Crippen molar-refractivity contribution < 1.29 is 14.3 Å². The summed E-state index contributed by atoms with van der Waals surface area (Å²) in [5.74, 6) is -0.803. The number of ether oxygens (including phenoxy) is 1. The monoisotopic (exact) mass is 181 g/mol. The summed E-state index contributed by atoms with van der Waals surface area (Å²) in [6, 6.07) is 5.72. The van der Waals surface area contributed by atoms with Gasteiger partial charge < -0.3 is 4.74 Å². The SMILES string of the molecule is CCOC(=O)C=O.c1ccncc1. The number of hydrogen-bond donors (Lipinski definition) is 0. The minimum absolute atomic E-state index is 0.142. The fraction of sp³-hybridized carbons (Fsp3) is 0.222. The molecule has 4 heteroatoms. The number of carbonyl (C=O) groups is 2. The van der Waals surface area contributed by atoms with Crippen molar-refractivity contribution in [2.24, 2.45) is 0 Å². The molecule has 0 fully saturated rings. The normalized spacial score (nSPS) is 7.77. The Kier molecular flexibility index (Phi) is 7.28. The zero-order valence-electron chi connectivity index (χ0n) is 7.34. The number of esters is 1. The van der Waals surface area contributed by atoms with Crippen LogP contribution in [-0.2, 0) is 14.3 Å². The molecule has 0 aliphatic heterocycles. The molecular formula is C9H11NO3. The van der Waals surface area contributed by atoms with E-state index in [0.29, 0.717) is 0 Å². The summed E-state index contributed by atoms with van der Waals surface area (Å²) in [4.78, 5) is 23.0. The lowest BCUT2D eigenvalue weighted by Gasteiger charge is -1.88. The second-order valence-corrected chi connectivity index (χ2v) is 1.89. The molecule has 1 rings (SSSR count). The Bertz CT molecular complexity index is 209. The molecule has 4 nitrogen and oxygen atoms in total. The van der Waals surface area contributed by atoms with E-state index in [-0.39, 0.29) is 12.9 Å². The number of carbonyl (C=O) groups excluding carboxylic acids is 2. The lowest BCUT2D eigenvalue weighted by molar-refractivity contribution is -0.148. The van der Waals surface area contributed by atoms with Crippen LogP contribution >= 0.6 is 0 Å². The fourth-order valence-corrected chi connectivity index (χ4v) is 0.489. The zero-order chi connectivity index (χ0) is 9.94. The van der Waals surface area contributed by atoms with Crippen LogP contribution in [0.2, 0.25) is 0 Å². The quantitative estimate of drug-likeness (QED) is 0.385. The van der Waals surface area contributed by atoms with Crippen molar-refractivity contribution in [3.05, 3.63) is 30.6 Å². The molecule has 1 aromatic heterocycles. The fourth-order valence-electron chi connectivity index (χ4n) is 0.489. The minimum Gasteiger partial charge on any atom is -0.460 e. The van der Waals surface area contributed by atoms with E-state index in [1.807, 2.05) is 18.2 Å². The lowest BCUT2D eigenvalue weighted by atomic mass is 10.5. The predicted octanol–water partition coefficient (Wildman–Crippen LogP) is 0.830. The third-order valence-electron chi connectivity index (χ3n) is 0.949. The molecule has 70 valence electrons. The molecule has 13 heavy (non-hydrogen) atoms. The Morgan fingerprint density at radius 2 is 2.00 bits per heavy atom. The predicted molar refractivity (Wildman–Crippen MR) is 46.9 cm³/mol. The molecule has 0 bridgehead atoms. The first kappa shape index (κ1) is 11.3. The Morgan fingerprint density at radius 1 is 1.38 bits per heavy atom. The second-order valence-electron chi connectivity index (χ2n) is 1.89. The van der Waals surface area contributed by atoms with E-state index in [1.54, 1.807) is 19.3 Å². The van der Waals surface area contributed by atoms with Crippen LogP contribution in [0.3, 0.4) is 0 Å². The molecular weight excluding hydrogens is 170 g/mol. The number of nitrogens with zero attached hydrogens (tertiary/aromatic N) is 1. The topological polar surface area (TPSA) is 56.3 Å². The van der Waals surface area contributed by atoms with Crippen molar-refractivity contribution in [2.45, 2.75) is 6.92 Å². The van der Waals surface area contributed by atoms with Crippen LogP contribution < -0.4 is 0 Å². The smallest absolute Gasteiger partial charge is 0.371 e. The van der Waals surface area contributed by atoms with Gasteiger partial charge in [0, 0.05) is 12.4 Å². The minimum atomic E-state index is -0.803. The maximum atomic E-state index is 9.82. The summed E-state index contributed by atoms with van der Waals surface area (Å²) in [5.41, 5.74) is 0. The highest BCUT2D eigenvalue weighted by atomic mass is 16.5. The summed E-state index contributed by atoms with van der Waals surface area (Å²) >= 11 is 0. The van der Waals surface area contributed by atoms with Gasteiger partial charge in [-0.2, -0.15) is 0 Å². The van der Waals surface area contributed by atoms with Crippen molar-refractivity contribution >= 4 is 12.3 Å². The molecule has 0 atom stereocenters. The van der Waals surface area contributed by atoms with Crippen molar-refractivity contribution in [2.75, 3.05) is 6.61 Å². The first-order valence-corrected chi connectivity index (χ1v) is 3.78. The summed E-state index contributed by atoms with van der Waals surface area (Å²) in [5, 5.41) is 0. The van der Waals surface area contributed by atoms with E-state index in [2.05, 4.69) is 9.72 Å². The van der Waals surface area contributed by atoms with Crippen LogP contribution in [0.5, 0.6) is 0 Å². The van der Waals surface area contributed by atoms with Gasteiger partial charge in [0.05, 0.1) is 6.61 Å². The van der Waals surface area contributed by atoms with Crippen LogP contribution in [0.4, 0.5) is 0 Å². The van der Waals surface area contributed by atoms with E-state index in [4.69, 9.17) is 0 Å². The molecule has 0 amide bonds. The van der Waals surface area contributed by atoms with E-state index in [9.17, 15) is 9.59 Å². The van der Waals surface area contributed by atoms with Crippen molar-refractivity contribution in [3.63, 3.8) is 0 Å². The average molecular weight is 181 g/mol. The molecule has 0 aromatic carbocycles. The van der Waals surface area contributed by atoms with Crippen molar-refractivity contribution in [1.29, 1.82) is 0 Å². The van der Waals surface area contributed by atoms with E-state index >= 15 is 0 Å². The third-order valence-corrected chi connectivity index (χ3v) is 0.949. The van der Waals surface area contributed by atoms with Crippen LogP contribution in [0, 0.1) is 0 Å². The first-order valence-electron chi connectivity index (χ1n) is 3.78. The summed E-state index contributed by atoms with van der Waals surface area (Å²) in [6.45, 7) is 1.90. The van der Waals surface area contributed by atoms with Crippen molar-refractivity contribution in [1.82, 2.24) is 4.98 Å². The van der Waals surface area contributed by atoms with Gasteiger partial charge in [0.15, 0.2) is 0 Å². The second kappa shape index (κ2) is 8.39. The summed E-state index contributed by atoms with van der Waals surface area (Å²) in [6.07, 6.45) is 3.64. The number of rotatable bonds is 2. The van der Waals surface area contributed by atoms with E-state index < -0.39 is 5.97 Å². The van der Waals surface area contributed by atoms with Gasteiger partial charge in [-0.1, -0.05) is 6.07 Å². The van der Waals surface area contributed by atoms with Crippen LogP contribution in [-0.4, -0.2) is 23.8 Å². The molecule has 0 radical (unpaired) electrons. The van der Waals surface area contributed by atoms with Gasteiger partial charge >= 0.3 is 5.97 Å². The summed E-state index contributed by atoms with van der Waals surface area (Å²) < 4.78 is 4.18. The Labute approximate surface area is 76.6 Å². The molecule has 0 N–H and O–H groups in total. The Hall–Kier alpha value is -1.71. The molecule has 0 saturated heterocycles. The number of pyridine rings is 1. The molecule has 0 spiro atoms. The number of aromatic nitrogens is 1. The van der Waals surface area contributed by atoms with Crippen LogP contribution in [0.25, 0.3) is 0 Å². The Morgan fingerprint density at radius 3 is 2.15 bits per heavy atom. The molecule has 0 aliphatic carbocycles. The van der Waals surface area contributed by atoms with Crippen molar-refractivity contribution in [3.8, 4) is 0 Å².